The smallest absolute Gasteiger partial charge is 0.247 e. The summed E-state index contributed by atoms with van der Waals surface area (Å²) in [5.74, 6) is 0. The highest BCUT2D eigenvalue weighted by Gasteiger charge is 2.23. The molecule has 1 N–H and O–H groups in total. The van der Waals surface area contributed by atoms with Gasteiger partial charge in [-0.25, -0.2) is 0 Å². The van der Waals surface area contributed by atoms with Crippen LogP contribution in [-0.2, 0) is 20.9 Å². The highest BCUT2D eigenvalue weighted by atomic mass is 32.9. The molecule has 0 aliphatic carbocycles. The second-order valence-electron chi connectivity index (χ2n) is 4.59. The Bertz CT molecular complexity index is 312. The summed E-state index contributed by atoms with van der Waals surface area (Å²) in [6, 6.07) is 0. The highest BCUT2D eigenvalue weighted by molar-refractivity contribution is 8.68. The normalized spacial score (nSPS) is 14.6. The van der Waals surface area contributed by atoms with Crippen LogP contribution in [0.4, 0.5) is 0 Å². The number of aliphatic hydroxyl groups excluding tert-OH is 1. The molecular weight excluding hydrogens is 311 g/mol. The average molecular weight is 340 g/mol. The van der Waals surface area contributed by atoms with Crippen molar-refractivity contribution in [3.8, 4) is 0 Å². The van der Waals surface area contributed by atoms with Gasteiger partial charge in [-0.15, -0.1) is 0 Å². The standard InChI is InChI=1S/C14H29O3PS2/c1-5-8-9-10-14(11-13(4)12-15)20-18(19,16-6-2)17-7-3/h11,14-15H,5-10,12H2,1-4H3/b13-11-. The molecule has 0 amide bonds. The van der Waals surface area contributed by atoms with Gasteiger partial charge in [-0.05, 0) is 39.0 Å². The predicted molar refractivity (Wildman–Crippen MR) is 93.9 cm³/mol. The van der Waals surface area contributed by atoms with Gasteiger partial charge in [0.15, 0.2) is 0 Å². The molecule has 0 rings (SSSR count). The molecule has 1 atom stereocenters. The summed E-state index contributed by atoms with van der Waals surface area (Å²) in [6.07, 6.45) is 6.74. The maximum absolute atomic E-state index is 9.20. The van der Waals surface area contributed by atoms with Gasteiger partial charge in [-0.1, -0.05) is 49.2 Å². The van der Waals surface area contributed by atoms with Crippen LogP contribution in [0.25, 0.3) is 0 Å². The van der Waals surface area contributed by atoms with E-state index in [-0.39, 0.29) is 11.9 Å². The lowest BCUT2D eigenvalue weighted by molar-refractivity contribution is 0.280. The molecule has 0 aliphatic heterocycles. The van der Waals surface area contributed by atoms with Crippen LogP contribution < -0.4 is 0 Å². The van der Waals surface area contributed by atoms with Gasteiger partial charge in [-0.3, -0.25) is 0 Å². The fraction of sp³-hybridized carbons (Fsp3) is 0.857. The fourth-order valence-corrected chi connectivity index (χ4v) is 7.56. The molecule has 0 saturated carbocycles. The first-order valence-corrected chi connectivity index (χ1v) is 11.5. The van der Waals surface area contributed by atoms with E-state index in [2.05, 4.69) is 13.0 Å². The van der Waals surface area contributed by atoms with Crippen molar-refractivity contribution in [3.63, 3.8) is 0 Å². The first-order valence-electron chi connectivity index (χ1n) is 7.36. The minimum Gasteiger partial charge on any atom is -0.392 e. The molecule has 1 unspecified atom stereocenters. The van der Waals surface area contributed by atoms with E-state index in [0.29, 0.717) is 13.2 Å². The molecule has 0 radical (unpaired) electrons. The van der Waals surface area contributed by atoms with Crippen LogP contribution in [0.1, 0.15) is 53.4 Å². The van der Waals surface area contributed by atoms with Gasteiger partial charge in [0.05, 0.1) is 19.8 Å². The molecule has 0 aromatic heterocycles. The van der Waals surface area contributed by atoms with Crippen LogP contribution in [-0.4, -0.2) is 30.2 Å². The second-order valence-corrected chi connectivity index (χ2v) is 11.0. The minimum atomic E-state index is -2.27. The van der Waals surface area contributed by atoms with E-state index < -0.39 is 5.69 Å². The van der Waals surface area contributed by atoms with Crippen molar-refractivity contribution in [2.24, 2.45) is 0 Å². The first kappa shape index (κ1) is 20.6. The van der Waals surface area contributed by atoms with E-state index in [1.165, 1.54) is 12.8 Å². The Balaban J connectivity index is 4.77. The summed E-state index contributed by atoms with van der Waals surface area (Å²) in [5, 5.41) is 9.46. The highest BCUT2D eigenvalue weighted by Crippen LogP contribution is 2.63. The molecule has 0 aromatic carbocycles. The topological polar surface area (TPSA) is 38.7 Å². The lowest BCUT2D eigenvalue weighted by Gasteiger charge is -2.24. The SMILES string of the molecule is CCCCCC(/C=C(/C)CO)SP(=S)(OCC)OCC. The Morgan fingerprint density at radius 3 is 2.30 bits per heavy atom. The zero-order chi connectivity index (χ0) is 15.4. The maximum atomic E-state index is 9.20. The summed E-state index contributed by atoms with van der Waals surface area (Å²) >= 11 is 7.21. The van der Waals surface area contributed by atoms with Gasteiger partial charge >= 0.3 is 0 Å². The van der Waals surface area contributed by atoms with Crippen molar-refractivity contribution in [2.45, 2.75) is 58.6 Å². The quantitative estimate of drug-likeness (QED) is 0.311. The Kier molecular flexibility index (Phi) is 12.6. The Morgan fingerprint density at radius 2 is 1.85 bits per heavy atom. The molecule has 0 aliphatic rings. The molecule has 0 saturated heterocycles. The van der Waals surface area contributed by atoms with Crippen molar-refractivity contribution in [1.82, 2.24) is 0 Å². The van der Waals surface area contributed by atoms with Crippen molar-refractivity contribution >= 4 is 28.9 Å². The van der Waals surface area contributed by atoms with E-state index in [0.717, 1.165) is 18.4 Å². The van der Waals surface area contributed by atoms with E-state index in [1.54, 1.807) is 11.4 Å². The molecule has 120 valence electrons. The summed E-state index contributed by atoms with van der Waals surface area (Å²) in [6.45, 7) is 9.28. The van der Waals surface area contributed by atoms with Crippen LogP contribution in [0, 0.1) is 0 Å². The Morgan fingerprint density at radius 1 is 1.25 bits per heavy atom. The first-order chi connectivity index (χ1) is 9.51. The zero-order valence-electron chi connectivity index (χ0n) is 13.1. The van der Waals surface area contributed by atoms with Crippen LogP contribution in [0.15, 0.2) is 11.6 Å². The minimum absolute atomic E-state index is 0.0942. The van der Waals surface area contributed by atoms with Crippen LogP contribution >= 0.6 is 17.1 Å². The van der Waals surface area contributed by atoms with E-state index in [4.69, 9.17) is 20.9 Å². The number of aliphatic hydroxyl groups is 1. The van der Waals surface area contributed by atoms with Gasteiger partial charge in [0.25, 0.3) is 0 Å². The number of hydrogen-bond donors (Lipinski definition) is 1. The van der Waals surface area contributed by atoms with E-state index in [1.807, 2.05) is 20.8 Å². The summed E-state index contributed by atoms with van der Waals surface area (Å²) < 4.78 is 11.4. The van der Waals surface area contributed by atoms with Gasteiger partial charge in [-0.2, -0.15) is 0 Å². The van der Waals surface area contributed by atoms with Gasteiger partial charge < -0.3 is 14.2 Å². The van der Waals surface area contributed by atoms with Crippen LogP contribution in [0.2, 0.25) is 0 Å². The largest absolute Gasteiger partial charge is 0.392 e. The third kappa shape index (κ3) is 9.54. The van der Waals surface area contributed by atoms with Crippen molar-refractivity contribution < 1.29 is 14.2 Å². The average Bonchev–Trinajstić information content (AvgIpc) is 2.39. The third-order valence-electron chi connectivity index (χ3n) is 2.65. The van der Waals surface area contributed by atoms with Gasteiger partial charge in [0, 0.05) is 5.25 Å². The lowest BCUT2D eigenvalue weighted by Crippen LogP contribution is -2.04. The Hall–Kier alpha value is 0.620. The predicted octanol–water partition coefficient (Wildman–Crippen LogP) is 4.90. The molecule has 6 heteroatoms. The van der Waals surface area contributed by atoms with Crippen LogP contribution in [0.5, 0.6) is 0 Å². The number of rotatable bonds is 12. The van der Waals surface area contributed by atoms with Crippen molar-refractivity contribution in [3.05, 3.63) is 11.6 Å². The third-order valence-corrected chi connectivity index (χ3v) is 8.33. The monoisotopic (exact) mass is 340 g/mol. The van der Waals surface area contributed by atoms with Gasteiger partial charge in [0.1, 0.15) is 0 Å². The summed E-state index contributed by atoms with van der Waals surface area (Å²) in [4.78, 5) is 0. The van der Waals surface area contributed by atoms with Crippen molar-refractivity contribution in [1.29, 1.82) is 0 Å². The lowest BCUT2D eigenvalue weighted by atomic mass is 10.1. The van der Waals surface area contributed by atoms with Crippen molar-refractivity contribution in [2.75, 3.05) is 19.8 Å². The van der Waals surface area contributed by atoms with E-state index >= 15 is 0 Å². The molecular formula is C14H29O3PS2. The molecule has 0 heterocycles. The molecule has 0 fully saturated rings. The molecule has 20 heavy (non-hydrogen) atoms. The Labute approximate surface area is 133 Å². The number of unbranched alkanes of at least 4 members (excludes halogenated alkanes) is 2. The number of hydrogen-bond acceptors (Lipinski definition) is 5. The molecule has 0 bridgehead atoms. The zero-order valence-corrected chi connectivity index (χ0v) is 15.7. The summed E-state index contributed by atoms with van der Waals surface area (Å²) in [7, 11) is 0. The maximum Gasteiger partial charge on any atom is 0.247 e. The second kappa shape index (κ2) is 12.2. The molecule has 0 spiro atoms. The van der Waals surface area contributed by atoms with Gasteiger partial charge in [0.2, 0.25) is 5.69 Å². The van der Waals surface area contributed by atoms with E-state index in [9.17, 15) is 5.11 Å². The van der Waals surface area contributed by atoms with Crippen LogP contribution in [0.3, 0.4) is 0 Å². The molecule has 0 aromatic rings. The fourth-order valence-electron chi connectivity index (χ4n) is 1.71. The molecule has 3 nitrogen and oxygen atoms in total. The summed E-state index contributed by atoms with van der Waals surface area (Å²) in [5.41, 5.74) is -1.29.